The van der Waals surface area contributed by atoms with Crippen LogP contribution in [0, 0.1) is 0 Å². The molecule has 0 bridgehead atoms. The van der Waals surface area contributed by atoms with Gasteiger partial charge in [-0.3, -0.25) is 11.3 Å². The van der Waals surface area contributed by atoms with Crippen molar-refractivity contribution in [3.8, 4) is 5.69 Å². The number of unbranched alkanes of at least 4 members (excludes halogenated alkanes) is 1. The lowest BCUT2D eigenvalue weighted by Crippen LogP contribution is -2.28. The highest BCUT2D eigenvalue weighted by Crippen LogP contribution is 2.16. The SMILES string of the molecule is CCCCC(NN)c1cnn(-c2ccccc2)n1. The quantitative estimate of drug-likeness (QED) is 0.603. The van der Waals surface area contributed by atoms with Gasteiger partial charge < -0.3 is 0 Å². The molecule has 0 amide bonds. The number of hydrazine groups is 1. The Bertz CT molecular complexity index is 465. The molecule has 5 nitrogen and oxygen atoms in total. The first-order valence-electron chi connectivity index (χ1n) is 6.29. The third-order valence-corrected chi connectivity index (χ3v) is 2.90. The minimum atomic E-state index is 0.0717. The summed E-state index contributed by atoms with van der Waals surface area (Å²) in [5, 5.41) is 8.74. The summed E-state index contributed by atoms with van der Waals surface area (Å²) in [6, 6.07) is 9.92. The van der Waals surface area contributed by atoms with Crippen LogP contribution in [-0.4, -0.2) is 15.0 Å². The molecule has 18 heavy (non-hydrogen) atoms. The van der Waals surface area contributed by atoms with Crippen molar-refractivity contribution in [2.75, 3.05) is 0 Å². The first-order chi connectivity index (χ1) is 8.85. The molecule has 1 atom stereocenters. The van der Waals surface area contributed by atoms with E-state index >= 15 is 0 Å². The number of para-hydroxylation sites is 1. The molecule has 2 rings (SSSR count). The zero-order valence-electron chi connectivity index (χ0n) is 10.6. The van der Waals surface area contributed by atoms with Gasteiger partial charge in [0.05, 0.1) is 17.9 Å². The molecule has 3 N–H and O–H groups in total. The molecular formula is C13H19N5. The summed E-state index contributed by atoms with van der Waals surface area (Å²) in [4.78, 5) is 1.63. The van der Waals surface area contributed by atoms with Crippen molar-refractivity contribution in [1.29, 1.82) is 0 Å². The van der Waals surface area contributed by atoms with Gasteiger partial charge in [0.1, 0.15) is 5.69 Å². The largest absolute Gasteiger partial charge is 0.271 e. The van der Waals surface area contributed by atoms with Crippen LogP contribution in [0.5, 0.6) is 0 Å². The molecule has 2 aromatic rings. The number of nitrogens with one attached hydrogen (secondary N) is 1. The molecule has 5 heteroatoms. The second kappa shape index (κ2) is 6.28. The smallest absolute Gasteiger partial charge is 0.101 e. The van der Waals surface area contributed by atoms with Gasteiger partial charge in [0.2, 0.25) is 0 Å². The molecule has 0 aliphatic rings. The van der Waals surface area contributed by atoms with Gasteiger partial charge in [-0.1, -0.05) is 38.0 Å². The van der Waals surface area contributed by atoms with Gasteiger partial charge >= 0.3 is 0 Å². The van der Waals surface area contributed by atoms with Crippen molar-refractivity contribution in [2.24, 2.45) is 5.84 Å². The van der Waals surface area contributed by atoms with Gasteiger partial charge in [-0.2, -0.15) is 15.0 Å². The monoisotopic (exact) mass is 245 g/mol. The summed E-state index contributed by atoms with van der Waals surface area (Å²) in [5.41, 5.74) is 4.64. The first kappa shape index (κ1) is 12.7. The zero-order valence-corrected chi connectivity index (χ0v) is 10.6. The molecule has 96 valence electrons. The average Bonchev–Trinajstić information content (AvgIpc) is 2.90. The Morgan fingerprint density at radius 1 is 1.33 bits per heavy atom. The predicted molar refractivity (Wildman–Crippen MR) is 70.9 cm³/mol. The summed E-state index contributed by atoms with van der Waals surface area (Å²) >= 11 is 0. The molecule has 1 aromatic heterocycles. The van der Waals surface area contributed by atoms with E-state index in [2.05, 4.69) is 22.5 Å². The van der Waals surface area contributed by atoms with Gasteiger partial charge in [-0.15, -0.1) is 0 Å². The summed E-state index contributed by atoms with van der Waals surface area (Å²) in [7, 11) is 0. The fraction of sp³-hybridized carbons (Fsp3) is 0.385. The molecule has 1 unspecified atom stereocenters. The lowest BCUT2D eigenvalue weighted by molar-refractivity contribution is 0.481. The van der Waals surface area contributed by atoms with E-state index in [1.165, 1.54) is 0 Å². The summed E-state index contributed by atoms with van der Waals surface area (Å²) in [6.07, 6.45) is 5.01. The Labute approximate surface area is 107 Å². The highest BCUT2D eigenvalue weighted by atomic mass is 15.5. The first-order valence-corrected chi connectivity index (χ1v) is 6.29. The lowest BCUT2D eigenvalue weighted by Gasteiger charge is -2.11. The van der Waals surface area contributed by atoms with Crippen molar-refractivity contribution < 1.29 is 0 Å². The Morgan fingerprint density at radius 2 is 2.11 bits per heavy atom. The molecule has 0 saturated heterocycles. The second-order valence-electron chi connectivity index (χ2n) is 4.26. The maximum Gasteiger partial charge on any atom is 0.101 e. The second-order valence-corrected chi connectivity index (χ2v) is 4.26. The topological polar surface area (TPSA) is 68.8 Å². The number of hydrogen-bond acceptors (Lipinski definition) is 4. The van der Waals surface area contributed by atoms with Crippen molar-refractivity contribution in [3.63, 3.8) is 0 Å². The van der Waals surface area contributed by atoms with Crippen LogP contribution in [0.4, 0.5) is 0 Å². The van der Waals surface area contributed by atoms with Crippen LogP contribution in [0.1, 0.15) is 37.9 Å². The minimum absolute atomic E-state index is 0.0717. The number of benzene rings is 1. The Balaban J connectivity index is 2.14. The van der Waals surface area contributed by atoms with E-state index in [0.29, 0.717) is 0 Å². The Hall–Kier alpha value is -1.72. The van der Waals surface area contributed by atoms with Gasteiger partial charge in [0, 0.05) is 0 Å². The maximum absolute atomic E-state index is 5.57. The van der Waals surface area contributed by atoms with E-state index in [9.17, 15) is 0 Å². The number of nitrogens with zero attached hydrogens (tertiary/aromatic N) is 3. The normalized spacial score (nSPS) is 12.6. The maximum atomic E-state index is 5.57. The molecule has 0 saturated carbocycles. The number of hydrogen-bond donors (Lipinski definition) is 2. The fourth-order valence-corrected chi connectivity index (χ4v) is 1.85. The average molecular weight is 245 g/mol. The minimum Gasteiger partial charge on any atom is -0.271 e. The van der Waals surface area contributed by atoms with Crippen LogP contribution in [0.25, 0.3) is 5.69 Å². The highest BCUT2D eigenvalue weighted by Gasteiger charge is 2.13. The van der Waals surface area contributed by atoms with E-state index in [-0.39, 0.29) is 6.04 Å². The van der Waals surface area contributed by atoms with Crippen molar-refractivity contribution in [1.82, 2.24) is 20.4 Å². The van der Waals surface area contributed by atoms with Gasteiger partial charge in [0.25, 0.3) is 0 Å². The van der Waals surface area contributed by atoms with E-state index in [4.69, 9.17) is 5.84 Å². The predicted octanol–water partition coefficient (Wildman–Crippen LogP) is 1.96. The number of rotatable bonds is 6. The summed E-state index contributed by atoms with van der Waals surface area (Å²) < 4.78 is 0. The third kappa shape index (κ3) is 2.94. The van der Waals surface area contributed by atoms with Crippen molar-refractivity contribution in [3.05, 3.63) is 42.2 Å². The highest BCUT2D eigenvalue weighted by molar-refractivity contribution is 5.28. The van der Waals surface area contributed by atoms with Crippen LogP contribution in [0.3, 0.4) is 0 Å². The van der Waals surface area contributed by atoms with E-state index in [1.54, 1.807) is 11.0 Å². The molecule has 0 spiro atoms. The molecule has 1 heterocycles. The molecule has 0 radical (unpaired) electrons. The Morgan fingerprint density at radius 3 is 2.78 bits per heavy atom. The van der Waals surface area contributed by atoms with Crippen LogP contribution < -0.4 is 11.3 Å². The Kier molecular flexibility index (Phi) is 4.44. The van der Waals surface area contributed by atoms with E-state index in [0.717, 1.165) is 30.6 Å². The molecule has 0 aliphatic carbocycles. The van der Waals surface area contributed by atoms with Crippen LogP contribution in [0.2, 0.25) is 0 Å². The zero-order chi connectivity index (χ0) is 12.8. The van der Waals surface area contributed by atoms with Gasteiger partial charge in [-0.05, 0) is 18.6 Å². The van der Waals surface area contributed by atoms with E-state index < -0.39 is 0 Å². The van der Waals surface area contributed by atoms with Crippen LogP contribution in [-0.2, 0) is 0 Å². The number of aromatic nitrogens is 3. The van der Waals surface area contributed by atoms with Gasteiger partial charge in [-0.25, -0.2) is 0 Å². The van der Waals surface area contributed by atoms with E-state index in [1.807, 2.05) is 30.3 Å². The fourth-order valence-electron chi connectivity index (χ4n) is 1.85. The van der Waals surface area contributed by atoms with Crippen LogP contribution >= 0.6 is 0 Å². The molecular weight excluding hydrogens is 226 g/mol. The summed E-state index contributed by atoms with van der Waals surface area (Å²) in [5.74, 6) is 5.57. The van der Waals surface area contributed by atoms with Crippen LogP contribution in [0.15, 0.2) is 36.5 Å². The standard InChI is InChI=1S/C13H19N5/c1-2-3-9-12(16-14)13-10-15-18(17-13)11-7-5-4-6-8-11/h4-8,10,12,16H,2-3,9,14H2,1H3. The molecule has 0 aliphatic heterocycles. The lowest BCUT2D eigenvalue weighted by atomic mass is 10.1. The van der Waals surface area contributed by atoms with Crippen molar-refractivity contribution in [2.45, 2.75) is 32.2 Å². The summed E-state index contributed by atoms with van der Waals surface area (Å²) in [6.45, 7) is 2.16. The molecule has 0 fully saturated rings. The number of nitrogens with two attached hydrogens (primary N) is 1. The third-order valence-electron chi connectivity index (χ3n) is 2.90. The van der Waals surface area contributed by atoms with Gasteiger partial charge in [0.15, 0.2) is 0 Å². The molecule has 1 aromatic carbocycles. The van der Waals surface area contributed by atoms with Crippen molar-refractivity contribution >= 4 is 0 Å².